The molecule has 0 saturated heterocycles. The van der Waals surface area contributed by atoms with Crippen LogP contribution in [0.5, 0.6) is 5.75 Å². The summed E-state index contributed by atoms with van der Waals surface area (Å²) in [6.07, 6.45) is 6.09. The van der Waals surface area contributed by atoms with Crippen LogP contribution >= 0.6 is 12.2 Å². The molecule has 186 valence electrons. The number of carbonyl (C=O) groups is 2. The number of carbonyl (C=O) groups excluding carboxylic acids is 2. The molecule has 1 fully saturated rings. The van der Waals surface area contributed by atoms with Crippen molar-refractivity contribution in [1.29, 1.82) is 0 Å². The van der Waals surface area contributed by atoms with E-state index in [4.69, 9.17) is 17.0 Å². The first-order valence-corrected chi connectivity index (χ1v) is 12.8. The van der Waals surface area contributed by atoms with Crippen molar-refractivity contribution in [3.8, 4) is 5.75 Å². The second-order valence-electron chi connectivity index (χ2n) is 8.93. The number of anilines is 2. The summed E-state index contributed by atoms with van der Waals surface area (Å²) >= 11 is 5.34. The quantitative estimate of drug-likeness (QED) is 0.332. The molecule has 0 aliphatic heterocycles. The third-order valence-electron chi connectivity index (χ3n) is 6.19. The van der Waals surface area contributed by atoms with Gasteiger partial charge in [-0.05, 0) is 67.0 Å². The van der Waals surface area contributed by atoms with Gasteiger partial charge in [0.2, 0.25) is 5.91 Å². The molecular weight excluding hydrogens is 470 g/mol. The zero-order chi connectivity index (χ0) is 25.2. The summed E-state index contributed by atoms with van der Waals surface area (Å²) in [6.45, 7) is 0.517. The van der Waals surface area contributed by atoms with Crippen molar-refractivity contribution in [1.82, 2.24) is 5.32 Å². The molecule has 0 spiro atoms. The Kier molecular flexibility index (Phi) is 9.05. The van der Waals surface area contributed by atoms with E-state index in [9.17, 15) is 9.59 Å². The van der Waals surface area contributed by atoms with Crippen LogP contribution in [0.3, 0.4) is 0 Å². The Bertz CT molecular complexity index is 1190. The summed E-state index contributed by atoms with van der Waals surface area (Å²) in [5.41, 5.74) is 3.02. The van der Waals surface area contributed by atoms with Gasteiger partial charge in [0.15, 0.2) is 5.11 Å². The van der Waals surface area contributed by atoms with E-state index in [0.29, 0.717) is 29.3 Å². The molecule has 0 radical (unpaired) electrons. The molecule has 1 saturated carbocycles. The van der Waals surface area contributed by atoms with Crippen molar-refractivity contribution in [3.05, 3.63) is 90.0 Å². The molecule has 3 N–H and O–H groups in total. The summed E-state index contributed by atoms with van der Waals surface area (Å²) in [5, 5.41) is 8.90. The molecular formula is C29H31N3O3S. The number of hydrogen-bond acceptors (Lipinski definition) is 4. The number of rotatable bonds is 8. The highest BCUT2D eigenvalue weighted by molar-refractivity contribution is 7.80. The van der Waals surface area contributed by atoms with E-state index in [1.807, 2.05) is 42.5 Å². The minimum Gasteiger partial charge on any atom is -0.493 e. The Morgan fingerprint density at radius 2 is 1.56 bits per heavy atom. The van der Waals surface area contributed by atoms with Gasteiger partial charge in [0.1, 0.15) is 5.75 Å². The van der Waals surface area contributed by atoms with Gasteiger partial charge in [-0.25, -0.2) is 0 Å². The van der Waals surface area contributed by atoms with E-state index >= 15 is 0 Å². The zero-order valence-electron chi connectivity index (χ0n) is 20.2. The average molecular weight is 502 g/mol. The minimum absolute atomic E-state index is 0.0635. The van der Waals surface area contributed by atoms with Crippen molar-refractivity contribution in [3.63, 3.8) is 0 Å². The van der Waals surface area contributed by atoms with Gasteiger partial charge in [-0.3, -0.25) is 14.9 Å². The topological polar surface area (TPSA) is 79.5 Å². The van der Waals surface area contributed by atoms with Crippen molar-refractivity contribution in [2.45, 2.75) is 38.5 Å². The van der Waals surface area contributed by atoms with Crippen LogP contribution in [-0.4, -0.2) is 23.5 Å². The van der Waals surface area contributed by atoms with E-state index in [1.165, 1.54) is 12.0 Å². The summed E-state index contributed by atoms with van der Waals surface area (Å²) < 4.78 is 5.83. The van der Waals surface area contributed by atoms with Gasteiger partial charge in [0, 0.05) is 29.3 Å². The molecule has 36 heavy (non-hydrogen) atoms. The summed E-state index contributed by atoms with van der Waals surface area (Å²) in [6, 6.07) is 24.4. The van der Waals surface area contributed by atoms with Gasteiger partial charge >= 0.3 is 0 Å². The maximum Gasteiger partial charge on any atom is 0.257 e. The van der Waals surface area contributed by atoms with Crippen LogP contribution in [0.1, 0.15) is 48.0 Å². The molecule has 0 unspecified atom stereocenters. The van der Waals surface area contributed by atoms with Crippen LogP contribution < -0.4 is 20.7 Å². The number of nitrogens with one attached hydrogen (secondary N) is 3. The van der Waals surface area contributed by atoms with Gasteiger partial charge in [-0.2, -0.15) is 0 Å². The fraction of sp³-hybridized carbons (Fsp3) is 0.276. The lowest BCUT2D eigenvalue weighted by atomic mass is 9.88. The van der Waals surface area contributed by atoms with Crippen LogP contribution in [0.15, 0.2) is 78.9 Å². The van der Waals surface area contributed by atoms with E-state index in [0.717, 1.165) is 32.1 Å². The van der Waals surface area contributed by atoms with Gasteiger partial charge in [0.05, 0.1) is 6.61 Å². The largest absolute Gasteiger partial charge is 0.493 e. The SMILES string of the molecule is O=C(NC(=S)Nc1cccc(NC(=O)C2CCCCC2)c1)c1cccc(OCCc2ccccc2)c1. The fourth-order valence-corrected chi connectivity index (χ4v) is 4.49. The Morgan fingerprint density at radius 1 is 0.833 bits per heavy atom. The average Bonchev–Trinajstić information content (AvgIpc) is 2.90. The third-order valence-corrected chi connectivity index (χ3v) is 6.39. The number of amides is 2. The standard InChI is InChI=1S/C29H31N3O3S/c33-27(22-11-5-2-6-12-22)30-24-14-8-15-25(20-24)31-29(36)32-28(34)23-13-7-16-26(19-23)35-18-17-21-9-3-1-4-10-21/h1,3-4,7-10,13-16,19-20,22H,2,5-6,11-12,17-18H2,(H,30,33)(H2,31,32,34,36). The molecule has 0 bridgehead atoms. The molecule has 0 atom stereocenters. The number of ether oxygens (including phenoxy) is 1. The fourth-order valence-electron chi connectivity index (χ4n) is 4.28. The van der Waals surface area contributed by atoms with E-state index in [2.05, 4.69) is 28.1 Å². The van der Waals surface area contributed by atoms with E-state index in [1.54, 1.807) is 24.3 Å². The monoisotopic (exact) mass is 501 g/mol. The van der Waals surface area contributed by atoms with E-state index in [-0.39, 0.29) is 22.8 Å². The molecule has 0 aromatic heterocycles. The van der Waals surface area contributed by atoms with Crippen LogP contribution in [0, 0.1) is 5.92 Å². The molecule has 1 aliphatic carbocycles. The molecule has 7 heteroatoms. The van der Waals surface area contributed by atoms with Crippen molar-refractivity contribution < 1.29 is 14.3 Å². The minimum atomic E-state index is -0.331. The lowest BCUT2D eigenvalue weighted by Gasteiger charge is -2.21. The molecule has 1 aliphatic rings. The summed E-state index contributed by atoms with van der Waals surface area (Å²) in [5.74, 6) is 0.434. The van der Waals surface area contributed by atoms with Crippen molar-refractivity contribution >= 4 is 40.5 Å². The van der Waals surface area contributed by atoms with Crippen molar-refractivity contribution in [2.24, 2.45) is 5.92 Å². The van der Waals surface area contributed by atoms with Gasteiger partial charge in [-0.1, -0.05) is 61.7 Å². The summed E-state index contributed by atoms with van der Waals surface area (Å²) in [4.78, 5) is 25.3. The number of benzene rings is 3. The predicted molar refractivity (Wildman–Crippen MR) is 147 cm³/mol. The summed E-state index contributed by atoms with van der Waals surface area (Å²) in [7, 11) is 0. The second-order valence-corrected chi connectivity index (χ2v) is 9.33. The molecule has 0 heterocycles. The van der Waals surface area contributed by atoms with Crippen molar-refractivity contribution in [2.75, 3.05) is 17.2 Å². The Balaban J connectivity index is 1.27. The number of hydrogen-bond donors (Lipinski definition) is 3. The Hall–Kier alpha value is -3.71. The highest BCUT2D eigenvalue weighted by atomic mass is 32.1. The first-order valence-electron chi connectivity index (χ1n) is 12.4. The van der Waals surface area contributed by atoms with Crippen LogP contribution in [0.25, 0.3) is 0 Å². The molecule has 3 aromatic carbocycles. The zero-order valence-corrected chi connectivity index (χ0v) is 21.0. The molecule has 3 aromatic rings. The second kappa shape index (κ2) is 12.8. The first kappa shape index (κ1) is 25.4. The van der Waals surface area contributed by atoms with Crippen LogP contribution in [0.4, 0.5) is 11.4 Å². The normalized spacial score (nSPS) is 13.4. The first-order chi connectivity index (χ1) is 17.6. The highest BCUT2D eigenvalue weighted by Gasteiger charge is 2.21. The maximum atomic E-state index is 12.7. The molecule has 6 nitrogen and oxygen atoms in total. The third kappa shape index (κ3) is 7.65. The lowest BCUT2D eigenvalue weighted by Crippen LogP contribution is -2.34. The van der Waals surface area contributed by atoms with Gasteiger partial charge in [0.25, 0.3) is 5.91 Å². The van der Waals surface area contributed by atoms with Gasteiger partial charge in [-0.15, -0.1) is 0 Å². The molecule has 4 rings (SSSR count). The highest BCUT2D eigenvalue weighted by Crippen LogP contribution is 2.25. The van der Waals surface area contributed by atoms with Gasteiger partial charge < -0.3 is 15.4 Å². The molecule has 2 amide bonds. The van der Waals surface area contributed by atoms with Crippen LogP contribution in [-0.2, 0) is 11.2 Å². The maximum absolute atomic E-state index is 12.7. The van der Waals surface area contributed by atoms with Crippen LogP contribution in [0.2, 0.25) is 0 Å². The Labute approximate surface area is 217 Å². The Morgan fingerprint density at radius 3 is 2.33 bits per heavy atom. The van der Waals surface area contributed by atoms with E-state index < -0.39 is 0 Å². The lowest BCUT2D eigenvalue weighted by molar-refractivity contribution is -0.120. The number of thiocarbonyl (C=S) groups is 1. The predicted octanol–water partition coefficient (Wildman–Crippen LogP) is 5.95. The smallest absolute Gasteiger partial charge is 0.257 e.